The summed E-state index contributed by atoms with van der Waals surface area (Å²) in [4.78, 5) is 37.7. The molecular formula is C18H13ClN2O4S. The van der Waals surface area contributed by atoms with Crippen molar-refractivity contribution in [3.63, 3.8) is 0 Å². The van der Waals surface area contributed by atoms with Crippen molar-refractivity contribution in [2.24, 2.45) is 0 Å². The van der Waals surface area contributed by atoms with E-state index in [-0.39, 0.29) is 10.7 Å². The molecule has 0 bridgehead atoms. The zero-order valence-corrected chi connectivity index (χ0v) is 14.9. The summed E-state index contributed by atoms with van der Waals surface area (Å²) in [6, 6.07) is 12.9. The van der Waals surface area contributed by atoms with Gasteiger partial charge in [0.25, 0.3) is 11.1 Å². The van der Waals surface area contributed by atoms with Gasteiger partial charge >= 0.3 is 0 Å². The van der Waals surface area contributed by atoms with Gasteiger partial charge in [0.2, 0.25) is 5.91 Å². The largest absolute Gasteiger partial charge is 0.508 e. The summed E-state index contributed by atoms with van der Waals surface area (Å²) >= 11 is 6.60. The molecule has 1 heterocycles. The monoisotopic (exact) mass is 388 g/mol. The normalized spacial score (nSPS) is 15.6. The maximum atomic E-state index is 12.4. The summed E-state index contributed by atoms with van der Waals surface area (Å²) in [5.41, 5.74) is 1.06. The quantitative estimate of drug-likeness (QED) is 0.779. The lowest BCUT2D eigenvalue weighted by Gasteiger charge is -2.12. The smallest absolute Gasteiger partial charge is 0.294 e. The SMILES string of the molecule is O=C(CN1C(=O)S/C(=C/c2cccc(O)c2)C1=O)Nc1cccc(Cl)c1. The first kappa shape index (κ1) is 18.0. The highest BCUT2D eigenvalue weighted by atomic mass is 35.5. The van der Waals surface area contributed by atoms with Crippen molar-refractivity contribution >= 4 is 52.2 Å². The maximum Gasteiger partial charge on any atom is 0.294 e. The number of aromatic hydroxyl groups is 1. The summed E-state index contributed by atoms with van der Waals surface area (Å²) in [7, 11) is 0. The molecule has 132 valence electrons. The Balaban J connectivity index is 1.70. The minimum atomic E-state index is -0.551. The van der Waals surface area contributed by atoms with Crippen molar-refractivity contribution in [3.05, 3.63) is 64.0 Å². The van der Waals surface area contributed by atoms with Gasteiger partial charge in [0.15, 0.2) is 0 Å². The summed E-state index contributed by atoms with van der Waals surface area (Å²) in [5, 5.41) is 12.0. The molecule has 0 radical (unpaired) electrons. The molecule has 0 aliphatic carbocycles. The van der Waals surface area contributed by atoms with Gasteiger partial charge in [-0.1, -0.05) is 29.8 Å². The lowest BCUT2D eigenvalue weighted by atomic mass is 10.2. The van der Waals surface area contributed by atoms with Gasteiger partial charge in [0.1, 0.15) is 12.3 Å². The summed E-state index contributed by atoms with van der Waals surface area (Å²) in [6.07, 6.45) is 1.50. The molecular weight excluding hydrogens is 376 g/mol. The van der Waals surface area contributed by atoms with Crippen LogP contribution in [0.25, 0.3) is 6.08 Å². The number of anilines is 1. The number of carbonyl (C=O) groups excluding carboxylic acids is 3. The minimum Gasteiger partial charge on any atom is -0.508 e. The van der Waals surface area contributed by atoms with Crippen molar-refractivity contribution in [2.45, 2.75) is 0 Å². The summed E-state index contributed by atoms with van der Waals surface area (Å²) in [5.74, 6) is -1.00. The minimum absolute atomic E-state index is 0.0545. The van der Waals surface area contributed by atoms with Gasteiger partial charge in [-0.15, -0.1) is 0 Å². The topological polar surface area (TPSA) is 86.7 Å². The fourth-order valence-electron chi connectivity index (χ4n) is 2.31. The molecule has 0 unspecified atom stereocenters. The van der Waals surface area contributed by atoms with Crippen LogP contribution in [0.15, 0.2) is 53.4 Å². The third-order valence-corrected chi connectivity index (χ3v) is 4.59. The third kappa shape index (κ3) is 4.25. The Kier molecular flexibility index (Phi) is 5.29. The number of nitrogens with zero attached hydrogens (tertiary/aromatic N) is 1. The van der Waals surface area contributed by atoms with E-state index in [2.05, 4.69) is 5.32 Å². The second-order valence-electron chi connectivity index (χ2n) is 5.42. The molecule has 0 saturated carbocycles. The molecule has 1 fully saturated rings. The number of phenols is 1. The Hall–Kier alpha value is -2.77. The first-order valence-corrected chi connectivity index (χ1v) is 8.71. The second-order valence-corrected chi connectivity index (χ2v) is 6.85. The van der Waals surface area contributed by atoms with E-state index >= 15 is 0 Å². The maximum absolute atomic E-state index is 12.4. The fraction of sp³-hybridized carbons (Fsp3) is 0.0556. The van der Waals surface area contributed by atoms with E-state index in [1.807, 2.05) is 0 Å². The number of halogens is 1. The van der Waals surface area contributed by atoms with Gasteiger partial charge in [0, 0.05) is 10.7 Å². The van der Waals surface area contributed by atoms with Crippen LogP contribution in [0.2, 0.25) is 5.02 Å². The Labute approximate surface area is 158 Å². The van der Waals surface area contributed by atoms with Crippen LogP contribution in [-0.4, -0.2) is 33.6 Å². The first-order chi connectivity index (χ1) is 12.4. The van der Waals surface area contributed by atoms with Gasteiger partial charge in [-0.25, -0.2) is 0 Å². The van der Waals surface area contributed by atoms with Crippen molar-refractivity contribution in [1.29, 1.82) is 0 Å². The molecule has 0 spiro atoms. The molecule has 6 nitrogen and oxygen atoms in total. The average Bonchev–Trinajstić information content (AvgIpc) is 2.82. The van der Waals surface area contributed by atoms with E-state index in [0.29, 0.717) is 16.3 Å². The number of phenolic OH excluding ortho intramolecular Hbond substituents is 1. The number of thioether (sulfide) groups is 1. The highest BCUT2D eigenvalue weighted by molar-refractivity contribution is 8.18. The highest BCUT2D eigenvalue weighted by Gasteiger charge is 2.36. The van der Waals surface area contributed by atoms with Gasteiger partial charge in [-0.3, -0.25) is 19.3 Å². The van der Waals surface area contributed by atoms with Crippen LogP contribution in [0.4, 0.5) is 10.5 Å². The molecule has 1 aliphatic heterocycles. The number of carbonyl (C=O) groups is 3. The standard InChI is InChI=1S/C18H13ClN2O4S/c19-12-4-2-5-13(9-12)20-16(23)10-21-17(24)15(26-18(21)25)8-11-3-1-6-14(22)7-11/h1-9,22H,10H2,(H,20,23)/b15-8+. The molecule has 1 saturated heterocycles. The third-order valence-electron chi connectivity index (χ3n) is 3.45. The Bertz CT molecular complexity index is 929. The molecule has 3 rings (SSSR count). The molecule has 2 aromatic carbocycles. The average molecular weight is 389 g/mol. The van der Waals surface area contributed by atoms with Crippen molar-refractivity contribution in [3.8, 4) is 5.75 Å². The van der Waals surface area contributed by atoms with Crippen molar-refractivity contribution in [1.82, 2.24) is 4.90 Å². The van der Waals surface area contributed by atoms with Crippen LogP contribution in [0.1, 0.15) is 5.56 Å². The van der Waals surface area contributed by atoms with Gasteiger partial charge in [-0.2, -0.15) is 0 Å². The zero-order chi connectivity index (χ0) is 18.7. The van der Waals surface area contributed by atoms with Crippen LogP contribution in [0, 0.1) is 0 Å². The number of amides is 3. The molecule has 0 atom stereocenters. The second kappa shape index (κ2) is 7.63. The lowest BCUT2D eigenvalue weighted by Crippen LogP contribution is -2.36. The van der Waals surface area contributed by atoms with Crippen LogP contribution < -0.4 is 5.32 Å². The Morgan fingerprint density at radius 3 is 2.69 bits per heavy atom. The predicted molar refractivity (Wildman–Crippen MR) is 101 cm³/mol. The van der Waals surface area contributed by atoms with Crippen LogP contribution in [-0.2, 0) is 9.59 Å². The van der Waals surface area contributed by atoms with Gasteiger partial charge in [0.05, 0.1) is 4.91 Å². The van der Waals surface area contributed by atoms with Crippen molar-refractivity contribution in [2.75, 3.05) is 11.9 Å². The van der Waals surface area contributed by atoms with Gasteiger partial charge in [-0.05, 0) is 53.7 Å². The fourth-order valence-corrected chi connectivity index (χ4v) is 3.34. The Morgan fingerprint density at radius 2 is 1.96 bits per heavy atom. The first-order valence-electron chi connectivity index (χ1n) is 7.52. The number of hydrogen-bond donors (Lipinski definition) is 2. The molecule has 1 aliphatic rings. The molecule has 3 amide bonds. The van der Waals surface area contributed by atoms with Crippen LogP contribution in [0.3, 0.4) is 0 Å². The number of imide groups is 1. The number of nitrogens with one attached hydrogen (secondary N) is 1. The zero-order valence-electron chi connectivity index (χ0n) is 13.3. The van der Waals surface area contributed by atoms with E-state index in [4.69, 9.17) is 11.6 Å². The predicted octanol–water partition coefficient (Wildman–Crippen LogP) is 3.72. The van der Waals surface area contributed by atoms with E-state index in [1.54, 1.807) is 36.4 Å². The number of benzene rings is 2. The van der Waals surface area contributed by atoms with Crippen LogP contribution in [0.5, 0.6) is 5.75 Å². The Morgan fingerprint density at radius 1 is 1.19 bits per heavy atom. The number of hydrogen-bond acceptors (Lipinski definition) is 5. The van der Waals surface area contributed by atoms with E-state index in [1.165, 1.54) is 18.2 Å². The van der Waals surface area contributed by atoms with E-state index in [0.717, 1.165) is 16.7 Å². The molecule has 0 aromatic heterocycles. The molecule has 26 heavy (non-hydrogen) atoms. The van der Waals surface area contributed by atoms with Crippen molar-refractivity contribution < 1.29 is 19.5 Å². The molecule has 2 N–H and O–H groups in total. The summed E-state index contributed by atoms with van der Waals surface area (Å²) < 4.78 is 0. The highest BCUT2D eigenvalue weighted by Crippen LogP contribution is 2.32. The number of rotatable bonds is 4. The van der Waals surface area contributed by atoms with E-state index in [9.17, 15) is 19.5 Å². The van der Waals surface area contributed by atoms with Gasteiger partial charge < -0.3 is 10.4 Å². The van der Waals surface area contributed by atoms with Crippen LogP contribution >= 0.6 is 23.4 Å². The van der Waals surface area contributed by atoms with E-state index < -0.39 is 23.6 Å². The molecule has 8 heteroatoms. The summed E-state index contributed by atoms with van der Waals surface area (Å²) in [6.45, 7) is -0.394. The lowest BCUT2D eigenvalue weighted by molar-refractivity contribution is -0.127. The molecule has 2 aromatic rings.